The third kappa shape index (κ3) is 3.87. The zero-order valence-electron chi connectivity index (χ0n) is 15.0. The Kier molecular flexibility index (Phi) is 5.85. The summed E-state index contributed by atoms with van der Waals surface area (Å²) in [5.74, 6) is -0.840. The highest BCUT2D eigenvalue weighted by molar-refractivity contribution is 7.98. The third-order valence-corrected chi connectivity index (χ3v) is 6.02. The fourth-order valence-electron chi connectivity index (χ4n) is 3.97. The molecule has 0 unspecified atom stereocenters. The van der Waals surface area contributed by atoms with Crippen LogP contribution in [0.25, 0.3) is 0 Å². The quantitative estimate of drug-likeness (QED) is 0.786. The number of piperidine rings is 1. The van der Waals surface area contributed by atoms with Crippen molar-refractivity contribution in [2.24, 2.45) is 5.41 Å². The first-order valence-corrected chi connectivity index (χ1v) is 10.3. The van der Waals surface area contributed by atoms with Gasteiger partial charge in [-0.3, -0.25) is 9.59 Å². The molecule has 0 N–H and O–H groups in total. The van der Waals surface area contributed by atoms with Crippen molar-refractivity contribution in [2.45, 2.75) is 32.2 Å². The van der Waals surface area contributed by atoms with Gasteiger partial charge < -0.3 is 9.80 Å². The molecule has 1 spiro atoms. The smallest absolute Gasteiger partial charge is 0.230 e. The Morgan fingerprint density at radius 3 is 2.77 bits per heavy atom. The van der Waals surface area contributed by atoms with Crippen molar-refractivity contribution in [3.05, 3.63) is 35.4 Å². The standard InChI is InChI=1S/C19H24F2N2O2S/c1-26-10-5-17(24)23-9-7-19(13-23)6-2-8-22(18(19)25)12-14-3-4-15(20)16(21)11-14/h3-4,11H,2,5-10,12-13H2,1H3/t19-/m0/s1. The molecule has 0 radical (unpaired) electrons. The van der Waals surface area contributed by atoms with Gasteiger partial charge in [-0.25, -0.2) is 8.78 Å². The number of carbonyl (C=O) groups is 2. The first-order chi connectivity index (χ1) is 12.4. The van der Waals surface area contributed by atoms with Gasteiger partial charge in [0, 0.05) is 38.4 Å². The Morgan fingerprint density at radius 2 is 2.04 bits per heavy atom. The average molecular weight is 382 g/mol. The Hall–Kier alpha value is -1.63. The van der Waals surface area contributed by atoms with E-state index in [1.165, 1.54) is 6.07 Å². The van der Waals surface area contributed by atoms with E-state index < -0.39 is 17.0 Å². The SMILES string of the molecule is CSCCC(=O)N1CC[C@@]2(CCCN(Cc3ccc(F)c(F)c3)C2=O)C1. The van der Waals surface area contributed by atoms with Gasteiger partial charge in [0.05, 0.1) is 5.41 Å². The maximum absolute atomic E-state index is 13.4. The van der Waals surface area contributed by atoms with E-state index >= 15 is 0 Å². The highest BCUT2D eigenvalue weighted by Gasteiger charge is 2.49. The summed E-state index contributed by atoms with van der Waals surface area (Å²) in [4.78, 5) is 28.9. The van der Waals surface area contributed by atoms with Gasteiger partial charge in [0.1, 0.15) is 0 Å². The molecule has 0 saturated carbocycles. The van der Waals surface area contributed by atoms with E-state index in [9.17, 15) is 18.4 Å². The number of nitrogens with zero attached hydrogens (tertiary/aromatic N) is 2. The molecule has 1 atom stereocenters. The zero-order chi connectivity index (χ0) is 18.7. The highest BCUT2D eigenvalue weighted by atomic mass is 32.2. The molecule has 7 heteroatoms. The van der Waals surface area contributed by atoms with Crippen molar-refractivity contribution in [3.8, 4) is 0 Å². The fourth-order valence-corrected chi connectivity index (χ4v) is 4.35. The molecule has 26 heavy (non-hydrogen) atoms. The lowest BCUT2D eigenvalue weighted by atomic mass is 9.78. The summed E-state index contributed by atoms with van der Waals surface area (Å²) in [6.45, 7) is 1.99. The van der Waals surface area contributed by atoms with Crippen LogP contribution in [0.3, 0.4) is 0 Å². The second-order valence-corrected chi connectivity index (χ2v) is 8.15. The van der Waals surface area contributed by atoms with Crippen LogP contribution in [0.4, 0.5) is 8.78 Å². The van der Waals surface area contributed by atoms with Crippen molar-refractivity contribution in [1.29, 1.82) is 0 Å². The van der Waals surface area contributed by atoms with Crippen LogP contribution in [0.15, 0.2) is 18.2 Å². The molecular weight excluding hydrogens is 358 g/mol. The molecule has 0 bridgehead atoms. The lowest BCUT2D eigenvalue weighted by Gasteiger charge is -2.39. The number of hydrogen-bond acceptors (Lipinski definition) is 3. The van der Waals surface area contributed by atoms with Crippen molar-refractivity contribution in [3.63, 3.8) is 0 Å². The first-order valence-electron chi connectivity index (χ1n) is 8.95. The molecular formula is C19H24F2N2O2S. The number of hydrogen-bond donors (Lipinski definition) is 0. The van der Waals surface area contributed by atoms with Crippen molar-refractivity contribution in [1.82, 2.24) is 9.80 Å². The van der Waals surface area contributed by atoms with Crippen LogP contribution in [0.5, 0.6) is 0 Å². The molecule has 2 aliphatic rings. The van der Waals surface area contributed by atoms with Gasteiger partial charge >= 0.3 is 0 Å². The molecule has 2 saturated heterocycles. The lowest BCUT2D eigenvalue weighted by Crippen LogP contribution is -2.50. The van der Waals surface area contributed by atoms with E-state index in [1.54, 1.807) is 16.7 Å². The Balaban J connectivity index is 1.67. The van der Waals surface area contributed by atoms with Crippen LogP contribution in [-0.2, 0) is 16.1 Å². The third-order valence-electron chi connectivity index (χ3n) is 5.41. The van der Waals surface area contributed by atoms with Crippen LogP contribution in [0.1, 0.15) is 31.2 Å². The predicted octanol–water partition coefficient (Wildman–Crippen LogP) is 3.06. The van der Waals surface area contributed by atoms with E-state index in [2.05, 4.69) is 0 Å². The minimum Gasteiger partial charge on any atom is -0.342 e. The molecule has 2 aliphatic heterocycles. The second kappa shape index (κ2) is 7.94. The molecule has 1 aromatic rings. The summed E-state index contributed by atoms with van der Waals surface area (Å²) in [5, 5.41) is 0. The monoisotopic (exact) mass is 382 g/mol. The maximum Gasteiger partial charge on any atom is 0.230 e. The van der Waals surface area contributed by atoms with E-state index in [4.69, 9.17) is 0 Å². The minimum absolute atomic E-state index is 0.0358. The van der Waals surface area contributed by atoms with Crippen molar-refractivity contribution < 1.29 is 18.4 Å². The molecule has 142 valence electrons. The number of likely N-dealkylation sites (tertiary alicyclic amines) is 2. The summed E-state index contributed by atoms with van der Waals surface area (Å²) in [6, 6.07) is 3.76. The average Bonchev–Trinajstić information content (AvgIpc) is 3.05. The molecule has 0 aliphatic carbocycles. The van der Waals surface area contributed by atoms with Crippen LogP contribution >= 0.6 is 11.8 Å². The molecule has 1 aromatic carbocycles. The summed E-state index contributed by atoms with van der Waals surface area (Å²) < 4.78 is 26.5. The van der Waals surface area contributed by atoms with Gasteiger partial charge in [0.15, 0.2) is 11.6 Å². The summed E-state index contributed by atoms with van der Waals surface area (Å²) >= 11 is 1.64. The largest absolute Gasteiger partial charge is 0.342 e. The normalized spacial score (nSPS) is 23.1. The van der Waals surface area contributed by atoms with Gasteiger partial charge in [0.25, 0.3) is 0 Å². The number of rotatable bonds is 5. The van der Waals surface area contributed by atoms with Gasteiger partial charge in [0.2, 0.25) is 11.8 Å². The lowest BCUT2D eigenvalue weighted by molar-refractivity contribution is -0.146. The van der Waals surface area contributed by atoms with E-state index in [0.717, 1.165) is 30.7 Å². The summed E-state index contributed by atoms with van der Waals surface area (Å²) in [5.41, 5.74) is 0.0754. The Morgan fingerprint density at radius 1 is 1.23 bits per heavy atom. The van der Waals surface area contributed by atoms with Crippen molar-refractivity contribution in [2.75, 3.05) is 31.6 Å². The van der Waals surface area contributed by atoms with Gasteiger partial charge in [-0.15, -0.1) is 0 Å². The molecule has 4 nitrogen and oxygen atoms in total. The van der Waals surface area contributed by atoms with Gasteiger partial charge in [-0.05, 0) is 43.2 Å². The predicted molar refractivity (Wildman–Crippen MR) is 97.6 cm³/mol. The van der Waals surface area contributed by atoms with E-state index in [0.29, 0.717) is 38.0 Å². The maximum atomic E-state index is 13.4. The van der Waals surface area contributed by atoms with Gasteiger partial charge in [-0.2, -0.15) is 11.8 Å². The van der Waals surface area contributed by atoms with Gasteiger partial charge in [-0.1, -0.05) is 6.07 Å². The number of thioether (sulfide) groups is 1. The molecule has 2 heterocycles. The molecule has 2 fully saturated rings. The highest BCUT2D eigenvalue weighted by Crippen LogP contribution is 2.40. The second-order valence-electron chi connectivity index (χ2n) is 7.17. The van der Waals surface area contributed by atoms with Crippen LogP contribution in [0, 0.1) is 17.0 Å². The summed E-state index contributed by atoms with van der Waals surface area (Å²) in [7, 11) is 0. The van der Waals surface area contributed by atoms with Crippen LogP contribution in [0.2, 0.25) is 0 Å². The molecule has 2 amide bonds. The fraction of sp³-hybridized carbons (Fsp3) is 0.579. The minimum atomic E-state index is -0.895. The van der Waals surface area contributed by atoms with E-state index in [-0.39, 0.29) is 18.4 Å². The number of carbonyl (C=O) groups excluding carboxylic acids is 2. The molecule has 0 aromatic heterocycles. The number of benzene rings is 1. The molecule has 3 rings (SSSR count). The van der Waals surface area contributed by atoms with E-state index in [1.807, 2.05) is 11.2 Å². The Labute approximate surface area is 156 Å². The topological polar surface area (TPSA) is 40.6 Å². The number of halogens is 2. The van der Waals surface area contributed by atoms with Crippen molar-refractivity contribution >= 4 is 23.6 Å². The Bertz CT molecular complexity index is 700. The number of amides is 2. The summed E-state index contributed by atoms with van der Waals surface area (Å²) in [6.07, 6.45) is 4.81. The first kappa shape index (κ1) is 19.1. The zero-order valence-corrected chi connectivity index (χ0v) is 15.8. The van der Waals surface area contributed by atoms with Crippen LogP contribution < -0.4 is 0 Å². The van der Waals surface area contributed by atoms with Crippen LogP contribution in [-0.4, -0.2) is 53.3 Å².